The molecule has 1 amide bonds. The summed E-state index contributed by atoms with van der Waals surface area (Å²) in [6.07, 6.45) is 1.51. The van der Waals surface area contributed by atoms with Crippen molar-refractivity contribution in [1.82, 2.24) is 5.32 Å². The summed E-state index contributed by atoms with van der Waals surface area (Å²) in [4.78, 5) is 14.5. The van der Waals surface area contributed by atoms with Crippen molar-refractivity contribution in [1.29, 1.82) is 0 Å². The molecule has 0 radical (unpaired) electrons. The summed E-state index contributed by atoms with van der Waals surface area (Å²) in [7, 11) is 0. The molecule has 0 aromatic heterocycles. The summed E-state index contributed by atoms with van der Waals surface area (Å²) in [5.41, 5.74) is 0.879. The third kappa shape index (κ3) is 1.62. The Morgan fingerprint density at radius 1 is 1.32 bits per heavy atom. The summed E-state index contributed by atoms with van der Waals surface area (Å²) >= 11 is 0. The van der Waals surface area contributed by atoms with Crippen LogP contribution in [0.2, 0.25) is 0 Å². The summed E-state index contributed by atoms with van der Waals surface area (Å²) in [5.74, 6) is -0.209. The number of para-hydroxylation sites is 1. The van der Waals surface area contributed by atoms with E-state index in [2.05, 4.69) is 5.32 Å². The minimum absolute atomic E-state index is 0.0163. The fourth-order valence-corrected chi connectivity index (χ4v) is 3.42. The number of benzene rings is 1. The number of nitrogens with one attached hydrogen (secondary N) is 1. The van der Waals surface area contributed by atoms with Crippen molar-refractivity contribution in [3.8, 4) is 0 Å². The number of hydrogen-bond donors (Lipinski definition) is 1. The van der Waals surface area contributed by atoms with E-state index in [1.807, 2.05) is 19.9 Å². The Morgan fingerprint density at radius 3 is 2.63 bits per heavy atom. The molecule has 0 aliphatic carbocycles. The first-order chi connectivity index (χ1) is 9.08. The molecule has 0 atom stereocenters. The van der Waals surface area contributed by atoms with E-state index in [1.54, 1.807) is 11.0 Å². The lowest BCUT2D eigenvalue weighted by molar-refractivity contribution is -0.124. The summed E-state index contributed by atoms with van der Waals surface area (Å²) < 4.78 is 14.2. The van der Waals surface area contributed by atoms with Crippen LogP contribution in [0.4, 0.5) is 10.1 Å². The van der Waals surface area contributed by atoms with Crippen molar-refractivity contribution in [3.05, 3.63) is 29.6 Å². The molecular weight excluding hydrogens is 243 g/mol. The lowest BCUT2D eigenvalue weighted by Gasteiger charge is -2.33. The van der Waals surface area contributed by atoms with Crippen LogP contribution in [0.15, 0.2) is 18.2 Å². The number of hydrogen-bond acceptors (Lipinski definition) is 2. The average molecular weight is 262 g/mol. The minimum atomic E-state index is -0.507. The van der Waals surface area contributed by atoms with Gasteiger partial charge in [-0.2, -0.15) is 0 Å². The van der Waals surface area contributed by atoms with Gasteiger partial charge in [0.2, 0.25) is 5.91 Å². The van der Waals surface area contributed by atoms with Crippen molar-refractivity contribution in [3.63, 3.8) is 0 Å². The van der Waals surface area contributed by atoms with Crippen LogP contribution in [0, 0.1) is 5.82 Å². The maximum absolute atomic E-state index is 14.2. The molecule has 2 heterocycles. The molecule has 1 aromatic rings. The first-order valence-corrected chi connectivity index (χ1v) is 6.91. The number of rotatable bonds is 1. The van der Waals surface area contributed by atoms with Gasteiger partial charge in [-0.05, 0) is 51.4 Å². The van der Waals surface area contributed by atoms with Crippen molar-refractivity contribution in [2.24, 2.45) is 0 Å². The maximum atomic E-state index is 14.2. The molecule has 2 aliphatic heterocycles. The van der Waals surface area contributed by atoms with Crippen molar-refractivity contribution >= 4 is 11.6 Å². The molecule has 0 saturated carbocycles. The normalized spacial score (nSPS) is 21.3. The maximum Gasteiger partial charge on any atom is 0.238 e. The van der Waals surface area contributed by atoms with Gasteiger partial charge in [-0.1, -0.05) is 12.1 Å². The van der Waals surface area contributed by atoms with Crippen molar-refractivity contribution in [2.45, 2.75) is 38.1 Å². The minimum Gasteiger partial charge on any atom is -0.317 e. The first-order valence-electron chi connectivity index (χ1n) is 6.91. The van der Waals surface area contributed by atoms with E-state index in [1.165, 1.54) is 6.07 Å². The van der Waals surface area contributed by atoms with Crippen LogP contribution >= 0.6 is 0 Å². The first kappa shape index (κ1) is 12.6. The largest absolute Gasteiger partial charge is 0.317 e. The highest BCUT2D eigenvalue weighted by Gasteiger charge is 2.52. The quantitative estimate of drug-likeness (QED) is 0.841. The second-order valence-electron chi connectivity index (χ2n) is 5.74. The Labute approximate surface area is 112 Å². The molecule has 1 N–H and O–H groups in total. The molecule has 3 nitrogen and oxygen atoms in total. The molecule has 3 rings (SSSR count). The second-order valence-corrected chi connectivity index (χ2v) is 5.74. The molecule has 1 saturated heterocycles. The van der Waals surface area contributed by atoms with Gasteiger partial charge in [-0.3, -0.25) is 4.79 Å². The van der Waals surface area contributed by atoms with E-state index in [4.69, 9.17) is 0 Å². The summed E-state index contributed by atoms with van der Waals surface area (Å²) in [6.45, 7) is 5.50. The summed E-state index contributed by atoms with van der Waals surface area (Å²) in [6, 6.07) is 5.07. The highest BCUT2D eigenvalue weighted by molar-refractivity contribution is 6.08. The Kier molecular flexibility index (Phi) is 2.86. The van der Waals surface area contributed by atoms with Crippen LogP contribution in [-0.2, 0) is 10.2 Å². The van der Waals surface area contributed by atoms with Gasteiger partial charge in [0.1, 0.15) is 5.82 Å². The third-order valence-electron chi connectivity index (χ3n) is 4.34. The highest BCUT2D eigenvalue weighted by Crippen LogP contribution is 2.48. The lowest BCUT2D eigenvalue weighted by atomic mass is 9.74. The average Bonchev–Trinajstić information content (AvgIpc) is 2.63. The second kappa shape index (κ2) is 4.30. The van der Waals surface area contributed by atoms with Crippen LogP contribution in [0.3, 0.4) is 0 Å². The van der Waals surface area contributed by atoms with Crippen molar-refractivity contribution < 1.29 is 9.18 Å². The molecule has 19 heavy (non-hydrogen) atoms. The number of carbonyl (C=O) groups is 1. The molecule has 1 spiro atoms. The molecule has 0 bridgehead atoms. The van der Waals surface area contributed by atoms with Crippen LogP contribution in [0.25, 0.3) is 0 Å². The SMILES string of the molecule is CC(C)N1C(=O)C2(CCNCC2)c2cccc(F)c21. The zero-order valence-corrected chi connectivity index (χ0v) is 11.4. The van der Waals surface area contributed by atoms with Crippen molar-refractivity contribution in [2.75, 3.05) is 18.0 Å². The Morgan fingerprint density at radius 2 is 2.00 bits per heavy atom. The van der Waals surface area contributed by atoms with E-state index in [9.17, 15) is 9.18 Å². The lowest BCUT2D eigenvalue weighted by Crippen LogP contribution is -2.48. The fraction of sp³-hybridized carbons (Fsp3) is 0.533. The number of fused-ring (bicyclic) bond motifs is 2. The van der Waals surface area contributed by atoms with E-state index in [0.29, 0.717) is 5.69 Å². The van der Waals surface area contributed by atoms with Crippen LogP contribution in [0.1, 0.15) is 32.3 Å². The Hall–Kier alpha value is -1.42. The van der Waals surface area contributed by atoms with Gasteiger partial charge in [-0.25, -0.2) is 4.39 Å². The predicted molar refractivity (Wildman–Crippen MR) is 72.8 cm³/mol. The molecule has 2 aliphatic rings. The number of nitrogens with zero attached hydrogens (tertiary/aromatic N) is 1. The standard InChI is InChI=1S/C15H19FN2O/c1-10(2)18-13-11(4-3-5-12(13)16)15(14(18)19)6-8-17-9-7-15/h3-5,10,17H,6-9H2,1-2H3. The monoisotopic (exact) mass is 262 g/mol. The van der Waals surface area contributed by atoms with Crippen LogP contribution < -0.4 is 10.2 Å². The van der Waals surface area contributed by atoms with Crippen LogP contribution in [-0.4, -0.2) is 25.0 Å². The molecule has 1 aromatic carbocycles. The summed E-state index contributed by atoms with van der Waals surface area (Å²) in [5, 5.41) is 3.28. The Balaban J connectivity index is 2.20. The zero-order valence-electron chi connectivity index (χ0n) is 11.4. The molecule has 0 unspecified atom stereocenters. The molecule has 102 valence electrons. The third-order valence-corrected chi connectivity index (χ3v) is 4.34. The number of halogens is 1. The van der Waals surface area contributed by atoms with Gasteiger partial charge in [0.05, 0.1) is 11.1 Å². The van der Waals surface area contributed by atoms with E-state index in [0.717, 1.165) is 31.5 Å². The van der Waals surface area contributed by atoms with Gasteiger partial charge >= 0.3 is 0 Å². The Bertz CT molecular complexity index is 521. The molecule has 1 fully saturated rings. The number of anilines is 1. The van der Waals surface area contributed by atoms with E-state index in [-0.39, 0.29) is 17.8 Å². The van der Waals surface area contributed by atoms with Gasteiger partial charge in [0, 0.05) is 6.04 Å². The molecular formula is C15H19FN2O. The number of amides is 1. The van der Waals surface area contributed by atoms with Gasteiger partial charge in [0.15, 0.2) is 0 Å². The van der Waals surface area contributed by atoms with Gasteiger partial charge in [-0.15, -0.1) is 0 Å². The molecule has 4 heteroatoms. The van der Waals surface area contributed by atoms with E-state index >= 15 is 0 Å². The van der Waals surface area contributed by atoms with Gasteiger partial charge < -0.3 is 10.2 Å². The number of carbonyl (C=O) groups excluding carboxylic acids is 1. The number of piperidine rings is 1. The van der Waals surface area contributed by atoms with Gasteiger partial charge in [0.25, 0.3) is 0 Å². The smallest absolute Gasteiger partial charge is 0.238 e. The topological polar surface area (TPSA) is 32.3 Å². The van der Waals surface area contributed by atoms with E-state index < -0.39 is 5.41 Å². The zero-order chi connectivity index (χ0) is 13.6. The fourth-order valence-electron chi connectivity index (χ4n) is 3.42. The van der Waals surface area contributed by atoms with Crippen LogP contribution in [0.5, 0.6) is 0 Å². The predicted octanol–water partition coefficient (Wildman–Crippen LogP) is 2.20. The highest BCUT2D eigenvalue weighted by atomic mass is 19.1.